The van der Waals surface area contributed by atoms with Crippen molar-refractivity contribution in [2.45, 2.75) is 24.8 Å². The van der Waals surface area contributed by atoms with Gasteiger partial charge in [0.1, 0.15) is 5.69 Å². The highest BCUT2D eigenvalue weighted by Crippen LogP contribution is 2.23. The van der Waals surface area contributed by atoms with Gasteiger partial charge in [-0.15, -0.1) is 0 Å². The molecule has 1 aliphatic rings. The van der Waals surface area contributed by atoms with Crippen molar-refractivity contribution in [1.29, 1.82) is 0 Å². The van der Waals surface area contributed by atoms with Crippen molar-refractivity contribution >= 4 is 21.6 Å². The molecule has 3 aromatic carbocycles. The van der Waals surface area contributed by atoms with Crippen LogP contribution in [0, 0.1) is 6.92 Å². The molecule has 1 aliphatic heterocycles. The number of fused-ring (bicyclic) bond motifs is 1. The Bertz CT molecular complexity index is 1620. The van der Waals surface area contributed by atoms with Gasteiger partial charge in [-0.05, 0) is 54.8 Å². The topological polar surface area (TPSA) is 93.4 Å². The third-order valence-electron chi connectivity index (χ3n) is 6.60. The minimum Gasteiger partial charge on any atom is -0.334 e. The molecule has 0 saturated heterocycles. The largest absolute Gasteiger partial charge is 0.334 e. The lowest BCUT2D eigenvalue weighted by atomic mass is 9.99. The number of nitrogens with zero attached hydrogens (tertiary/aromatic N) is 3. The van der Waals surface area contributed by atoms with Crippen LogP contribution in [0.2, 0.25) is 0 Å². The van der Waals surface area contributed by atoms with E-state index in [1.807, 2.05) is 24.3 Å². The SMILES string of the molecule is Cc1c(NS(=O)(=O)c2cccc(C(=O)N3CCc4ccccc4C3)c2)c(=O)n(-c2ccccc2)n1C. The Balaban J connectivity index is 1.43. The molecule has 0 bridgehead atoms. The Morgan fingerprint density at radius 2 is 1.61 bits per heavy atom. The number of carbonyl (C=O) groups is 1. The van der Waals surface area contributed by atoms with Crippen LogP contribution in [0.25, 0.3) is 5.69 Å². The number of para-hydroxylation sites is 1. The lowest BCUT2D eigenvalue weighted by Gasteiger charge is -2.29. The van der Waals surface area contributed by atoms with Gasteiger partial charge in [-0.1, -0.05) is 48.5 Å². The van der Waals surface area contributed by atoms with Crippen LogP contribution in [0.4, 0.5) is 5.69 Å². The molecule has 1 N–H and O–H groups in total. The lowest BCUT2D eigenvalue weighted by molar-refractivity contribution is 0.0734. The lowest BCUT2D eigenvalue weighted by Crippen LogP contribution is -2.36. The van der Waals surface area contributed by atoms with Crippen LogP contribution in [0.15, 0.2) is 88.6 Å². The number of hydrogen-bond acceptors (Lipinski definition) is 4. The Kier molecular flexibility index (Phi) is 6.01. The smallest absolute Gasteiger partial charge is 0.296 e. The fourth-order valence-corrected chi connectivity index (χ4v) is 5.69. The van der Waals surface area contributed by atoms with Crippen molar-refractivity contribution in [3.05, 3.63) is 112 Å². The summed E-state index contributed by atoms with van der Waals surface area (Å²) in [6, 6.07) is 22.9. The van der Waals surface area contributed by atoms with Crippen molar-refractivity contribution in [2.24, 2.45) is 7.05 Å². The molecule has 184 valence electrons. The molecule has 9 heteroatoms. The Hall–Kier alpha value is -4.11. The summed E-state index contributed by atoms with van der Waals surface area (Å²) >= 11 is 0. The molecule has 0 atom stereocenters. The van der Waals surface area contributed by atoms with Gasteiger partial charge in [0, 0.05) is 25.7 Å². The maximum absolute atomic E-state index is 13.3. The van der Waals surface area contributed by atoms with Crippen molar-refractivity contribution in [2.75, 3.05) is 11.3 Å². The second-order valence-electron chi connectivity index (χ2n) is 8.82. The van der Waals surface area contributed by atoms with Crippen LogP contribution >= 0.6 is 0 Å². The van der Waals surface area contributed by atoms with E-state index in [2.05, 4.69) is 10.8 Å². The summed E-state index contributed by atoms with van der Waals surface area (Å²) in [6.45, 7) is 2.71. The Morgan fingerprint density at radius 1 is 0.917 bits per heavy atom. The summed E-state index contributed by atoms with van der Waals surface area (Å²) in [5.41, 5.74) is 3.16. The maximum atomic E-state index is 13.3. The van der Waals surface area contributed by atoms with Crippen molar-refractivity contribution in [1.82, 2.24) is 14.3 Å². The average molecular weight is 503 g/mol. The van der Waals surface area contributed by atoms with E-state index in [9.17, 15) is 18.0 Å². The van der Waals surface area contributed by atoms with Crippen LogP contribution < -0.4 is 10.3 Å². The summed E-state index contributed by atoms with van der Waals surface area (Å²) in [5.74, 6) is -0.233. The first kappa shape index (κ1) is 23.6. The number of rotatable bonds is 5. The third kappa shape index (κ3) is 4.22. The second kappa shape index (κ2) is 9.16. The number of sulfonamides is 1. The first-order chi connectivity index (χ1) is 17.3. The quantitative estimate of drug-likeness (QED) is 0.452. The van der Waals surface area contributed by atoms with Crippen LogP contribution in [-0.4, -0.2) is 35.1 Å². The molecule has 0 fully saturated rings. The van der Waals surface area contributed by atoms with E-state index in [1.165, 1.54) is 22.4 Å². The third-order valence-corrected chi connectivity index (χ3v) is 7.95. The minimum atomic E-state index is -4.13. The molecule has 8 nitrogen and oxygen atoms in total. The molecule has 0 spiro atoms. The van der Waals surface area contributed by atoms with E-state index < -0.39 is 15.6 Å². The standard InChI is InChI=1S/C27H26N4O4S/c1-19-25(27(33)31(29(19)2)23-12-4-3-5-13-23)28-36(34,35)24-14-8-11-21(17-24)26(32)30-16-15-20-9-6-7-10-22(20)18-30/h3-14,17,28H,15-16,18H2,1-2H3. The van der Waals surface area contributed by atoms with Gasteiger partial charge in [0.05, 0.1) is 16.3 Å². The molecular weight excluding hydrogens is 476 g/mol. The molecule has 0 saturated carbocycles. The molecule has 4 aromatic rings. The first-order valence-corrected chi connectivity index (χ1v) is 13.1. The summed E-state index contributed by atoms with van der Waals surface area (Å²) in [6.07, 6.45) is 0.752. The number of hydrogen-bond donors (Lipinski definition) is 1. The summed E-state index contributed by atoms with van der Waals surface area (Å²) in [7, 11) is -2.43. The monoisotopic (exact) mass is 502 g/mol. The number of carbonyl (C=O) groups excluding carboxylic acids is 1. The Morgan fingerprint density at radius 3 is 2.36 bits per heavy atom. The molecule has 0 unspecified atom stereocenters. The average Bonchev–Trinajstić information content (AvgIpc) is 3.11. The van der Waals surface area contributed by atoms with Gasteiger partial charge >= 0.3 is 0 Å². The Labute approximate surface area is 209 Å². The number of benzene rings is 3. The van der Waals surface area contributed by atoms with Crippen molar-refractivity contribution in [3.8, 4) is 5.69 Å². The zero-order chi connectivity index (χ0) is 25.4. The van der Waals surface area contributed by atoms with Crippen LogP contribution in [0.5, 0.6) is 0 Å². The van der Waals surface area contributed by atoms with E-state index in [-0.39, 0.29) is 22.1 Å². The number of anilines is 1. The molecule has 36 heavy (non-hydrogen) atoms. The fraction of sp³-hybridized carbons (Fsp3) is 0.185. The van der Waals surface area contributed by atoms with Crippen molar-refractivity contribution < 1.29 is 13.2 Å². The van der Waals surface area contributed by atoms with Gasteiger partial charge in [-0.2, -0.15) is 0 Å². The minimum absolute atomic E-state index is 0.0364. The van der Waals surface area contributed by atoms with Gasteiger partial charge in [0.15, 0.2) is 0 Å². The number of nitrogens with one attached hydrogen (secondary N) is 1. The van der Waals surface area contributed by atoms with Crippen LogP contribution in [-0.2, 0) is 30.0 Å². The summed E-state index contributed by atoms with van der Waals surface area (Å²) in [5, 5.41) is 0. The fourth-order valence-electron chi connectivity index (χ4n) is 4.53. The summed E-state index contributed by atoms with van der Waals surface area (Å²) < 4.78 is 32.0. The predicted octanol–water partition coefficient (Wildman–Crippen LogP) is 3.48. The van der Waals surface area contributed by atoms with Gasteiger partial charge in [0.25, 0.3) is 21.5 Å². The molecule has 1 aromatic heterocycles. The zero-order valence-corrected chi connectivity index (χ0v) is 20.8. The number of amides is 1. The molecular formula is C27H26N4O4S. The normalized spacial score (nSPS) is 13.3. The predicted molar refractivity (Wildman–Crippen MR) is 138 cm³/mol. The highest BCUT2D eigenvalue weighted by molar-refractivity contribution is 7.92. The number of aromatic nitrogens is 2. The van der Waals surface area contributed by atoms with Gasteiger partial charge in [-0.25, -0.2) is 13.1 Å². The highest BCUT2D eigenvalue weighted by atomic mass is 32.2. The van der Waals surface area contributed by atoms with E-state index >= 15 is 0 Å². The molecule has 2 heterocycles. The zero-order valence-electron chi connectivity index (χ0n) is 20.0. The molecule has 5 rings (SSSR count). The van der Waals surface area contributed by atoms with E-state index in [4.69, 9.17) is 0 Å². The second-order valence-corrected chi connectivity index (χ2v) is 10.5. The van der Waals surface area contributed by atoms with E-state index in [0.717, 1.165) is 12.0 Å². The van der Waals surface area contributed by atoms with Gasteiger partial charge in [-0.3, -0.25) is 19.0 Å². The highest BCUT2D eigenvalue weighted by Gasteiger charge is 2.25. The molecule has 1 amide bonds. The molecule has 0 aliphatic carbocycles. The van der Waals surface area contributed by atoms with Gasteiger partial charge < -0.3 is 4.90 Å². The maximum Gasteiger partial charge on any atom is 0.296 e. The summed E-state index contributed by atoms with van der Waals surface area (Å²) in [4.78, 5) is 28.0. The molecule has 0 radical (unpaired) electrons. The van der Waals surface area contributed by atoms with E-state index in [0.29, 0.717) is 24.5 Å². The van der Waals surface area contributed by atoms with Crippen LogP contribution in [0.3, 0.4) is 0 Å². The first-order valence-electron chi connectivity index (χ1n) is 11.6. The van der Waals surface area contributed by atoms with E-state index in [1.54, 1.807) is 60.0 Å². The van der Waals surface area contributed by atoms with Gasteiger partial charge in [0.2, 0.25) is 0 Å². The van der Waals surface area contributed by atoms with Crippen LogP contribution in [0.1, 0.15) is 27.2 Å². The van der Waals surface area contributed by atoms with Crippen molar-refractivity contribution in [3.63, 3.8) is 0 Å².